The van der Waals surface area contributed by atoms with Crippen LogP contribution in [0, 0.1) is 27.7 Å². The highest BCUT2D eigenvalue weighted by Crippen LogP contribution is 2.44. The summed E-state index contributed by atoms with van der Waals surface area (Å²) in [4.78, 5) is 71.6. The van der Waals surface area contributed by atoms with E-state index in [9.17, 15) is 19.2 Å². The van der Waals surface area contributed by atoms with Crippen molar-refractivity contribution < 1.29 is 38.1 Å². The lowest BCUT2D eigenvalue weighted by Crippen LogP contribution is -2.03. The van der Waals surface area contributed by atoms with Gasteiger partial charge in [0.15, 0.2) is 0 Å². The first kappa shape index (κ1) is 35.0. The molecule has 0 saturated carbocycles. The lowest BCUT2D eigenvalue weighted by Gasteiger charge is -2.08. The maximum absolute atomic E-state index is 12.9. The summed E-state index contributed by atoms with van der Waals surface area (Å²) in [5.41, 5.74) is 2.53. The third kappa shape index (κ3) is 7.24. The molecule has 244 valence electrons. The summed E-state index contributed by atoms with van der Waals surface area (Å²) in [5.74, 6) is -2.12. The molecule has 0 fully saturated rings. The highest BCUT2D eigenvalue weighted by atomic mass is 32.1. The van der Waals surface area contributed by atoms with Gasteiger partial charge in [-0.1, -0.05) is 0 Å². The van der Waals surface area contributed by atoms with E-state index in [1.165, 1.54) is 0 Å². The van der Waals surface area contributed by atoms with E-state index in [-0.39, 0.29) is 45.9 Å². The van der Waals surface area contributed by atoms with E-state index in [1.54, 1.807) is 55.4 Å². The Labute approximate surface area is 281 Å². The zero-order chi connectivity index (χ0) is 33.7. The summed E-state index contributed by atoms with van der Waals surface area (Å²) >= 11 is 4.36. The third-order valence-electron chi connectivity index (χ3n) is 6.14. The zero-order valence-corrected chi connectivity index (χ0v) is 29.8. The number of thiazole rings is 4. The molecule has 0 spiro atoms. The Morgan fingerprint density at radius 1 is 0.435 bits per heavy atom. The summed E-state index contributed by atoms with van der Waals surface area (Å²) in [6.45, 7) is 14.3. The fourth-order valence-corrected chi connectivity index (χ4v) is 8.35. The van der Waals surface area contributed by atoms with Crippen molar-refractivity contribution in [2.24, 2.45) is 0 Å². The normalized spacial score (nSPS) is 10.9. The maximum Gasteiger partial charge on any atom is 0.350 e. The summed E-state index contributed by atoms with van der Waals surface area (Å²) < 4.78 is 21.1. The summed E-state index contributed by atoms with van der Waals surface area (Å²) in [7, 11) is 0. The largest absolute Gasteiger partial charge is 0.462 e. The number of nitrogens with zero attached hydrogens (tertiary/aromatic N) is 4. The average molecular weight is 705 g/mol. The summed E-state index contributed by atoms with van der Waals surface area (Å²) in [6.07, 6.45) is 0. The predicted octanol–water partition coefficient (Wildman–Crippen LogP) is 6.46. The Morgan fingerprint density at radius 2 is 0.630 bits per heavy atom. The molecule has 0 amide bonds. The van der Waals surface area contributed by atoms with E-state index in [0.29, 0.717) is 54.0 Å². The van der Waals surface area contributed by atoms with Crippen LogP contribution in [-0.2, 0) is 18.9 Å². The molecule has 0 atom stereocenters. The highest BCUT2D eigenvalue weighted by molar-refractivity contribution is 7.19. The van der Waals surface area contributed by atoms with Gasteiger partial charge in [0.1, 0.15) is 39.5 Å². The molecule has 0 aliphatic heterocycles. The first-order valence-corrected chi connectivity index (χ1v) is 17.6. The SMILES string of the molecule is CCOC(=O)c1sc(C(=C(c2nc(C)c(C(=O)OCC)s2)c2nc(C)c(C(=O)OCC)s2)c2nc(C)c(C(=O)OCC)s2)nc1C. The van der Waals surface area contributed by atoms with Crippen molar-refractivity contribution in [1.82, 2.24) is 19.9 Å². The van der Waals surface area contributed by atoms with E-state index in [0.717, 1.165) is 45.3 Å². The van der Waals surface area contributed by atoms with Crippen molar-refractivity contribution in [2.45, 2.75) is 55.4 Å². The second-order valence-corrected chi connectivity index (χ2v) is 13.4. The van der Waals surface area contributed by atoms with Crippen LogP contribution < -0.4 is 0 Å². The number of esters is 4. The number of ether oxygens (including phenoxy) is 4. The maximum atomic E-state index is 12.9. The highest BCUT2D eigenvalue weighted by Gasteiger charge is 2.32. The van der Waals surface area contributed by atoms with Gasteiger partial charge in [0.25, 0.3) is 0 Å². The van der Waals surface area contributed by atoms with Gasteiger partial charge >= 0.3 is 23.9 Å². The van der Waals surface area contributed by atoms with Crippen LogP contribution in [0.15, 0.2) is 0 Å². The van der Waals surface area contributed by atoms with Gasteiger partial charge in [-0.3, -0.25) is 0 Å². The molecule has 0 aliphatic rings. The minimum Gasteiger partial charge on any atom is -0.462 e. The van der Waals surface area contributed by atoms with Crippen molar-refractivity contribution in [3.63, 3.8) is 0 Å². The zero-order valence-electron chi connectivity index (χ0n) is 26.5. The average Bonchev–Trinajstić information content (AvgIpc) is 3.77. The minimum atomic E-state index is -0.531. The number of carbonyl (C=O) groups is 4. The summed E-state index contributed by atoms with van der Waals surface area (Å²) in [5, 5.41) is 1.48. The second kappa shape index (κ2) is 15.2. The number of aryl methyl sites for hydroxylation is 4. The van der Waals surface area contributed by atoms with E-state index < -0.39 is 23.9 Å². The van der Waals surface area contributed by atoms with E-state index >= 15 is 0 Å². The van der Waals surface area contributed by atoms with Crippen molar-refractivity contribution in [3.8, 4) is 0 Å². The molecule has 12 nitrogen and oxygen atoms in total. The van der Waals surface area contributed by atoms with Crippen LogP contribution in [0.1, 0.15) is 109 Å². The van der Waals surface area contributed by atoms with Crippen LogP contribution in [0.3, 0.4) is 0 Å². The third-order valence-corrected chi connectivity index (χ3v) is 10.8. The Balaban J connectivity index is 2.13. The Bertz CT molecular complexity index is 1570. The molecule has 0 aliphatic carbocycles. The molecule has 46 heavy (non-hydrogen) atoms. The number of hydrogen-bond acceptors (Lipinski definition) is 16. The summed E-state index contributed by atoms with van der Waals surface area (Å²) in [6, 6.07) is 0. The fraction of sp³-hybridized carbons (Fsp3) is 0.400. The molecule has 4 aromatic rings. The molecule has 4 rings (SSSR count). The van der Waals surface area contributed by atoms with Crippen LogP contribution in [-0.4, -0.2) is 70.2 Å². The molecule has 0 saturated heterocycles. The number of carbonyl (C=O) groups excluding carboxylic acids is 4. The van der Waals surface area contributed by atoms with E-state index in [4.69, 9.17) is 38.9 Å². The molecule has 0 bridgehead atoms. The molecule has 4 heterocycles. The molecule has 4 aromatic heterocycles. The number of rotatable bonds is 12. The van der Waals surface area contributed by atoms with Crippen molar-refractivity contribution in [3.05, 3.63) is 62.3 Å². The topological polar surface area (TPSA) is 157 Å². The fourth-order valence-electron chi connectivity index (χ4n) is 4.17. The Kier molecular flexibility index (Phi) is 11.5. The van der Waals surface area contributed by atoms with E-state index in [1.807, 2.05) is 0 Å². The van der Waals surface area contributed by atoms with Gasteiger partial charge in [-0.2, -0.15) is 0 Å². The van der Waals surface area contributed by atoms with Crippen LogP contribution in [0.2, 0.25) is 0 Å². The predicted molar refractivity (Wildman–Crippen MR) is 176 cm³/mol. The minimum absolute atomic E-state index is 0.179. The second-order valence-electron chi connectivity index (χ2n) is 9.37. The molecule has 0 unspecified atom stereocenters. The molecular weight excluding hydrogens is 673 g/mol. The van der Waals surface area contributed by atoms with Gasteiger partial charge in [-0.25, -0.2) is 39.1 Å². The van der Waals surface area contributed by atoms with Crippen LogP contribution in [0.5, 0.6) is 0 Å². The first-order chi connectivity index (χ1) is 21.9. The number of aromatic nitrogens is 4. The van der Waals surface area contributed by atoms with Gasteiger partial charge in [0.2, 0.25) is 0 Å². The monoisotopic (exact) mass is 704 g/mol. The lowest BCUT2D eigenvalue weighted by atomic mass is 10.1. The smallest absolute Gasteiger partial charge is 0.350 e. The van der Waals surface area contributed by atoms with Crippen molar-refractivity contribution in [2.75, 3.05) is 26.4 Å². The van der Waals surface area contributed by atoms with Crippen LogP contribution in [0.4, 0.5) is 0 Å². The van der Waals surface area contributed by atoms with Gasteiger partial charge < -0.3 is 18.9 Å². The molecular formula is C30H32N4O8S4. The number of hydrogen-bond donors (Lipinski definition) is 0. The first-order valence-electron chi connectivity index (χ1n) is 14.3. The lowest BCUT2D eigenvalue weighted by molar-refractivity contribution is 0.0521. The van der Waals surface area contributed by atoms with Crippen LogP contribution in [0.25, 0.3) is 11.1 Å². The standard InChI is InChI=1S/C30H32N4O8S4/c1-9-39-27(35)19-13(5)31-23(43-19)17(24-32-14(6)20(44-24)28(36)40-10-2)18(25-33-15(7)21(45-25)29(37)41-11-3)26-34-16(8)22(46-26)30(38)42-12-4/h9-12H2,1-8H3. The van der Waals surface area contributed by atoms with Gasteiger partial charge in [0.05, 0.1) is 60.3 Å². The van der Waals surface area contributed by atoms with Gasteiger partial charge in [-0.05, 0) is 55.4 Å². The van der Waals surface area contributed by atoms with Crippen molar-refractivity contribution in [1.29, 1.82) is 0 Å². The quantitative estimate of drug-likeness (QED) is 0.117. The van der Waals surface area contributed by atoms with Gasteiger partial charge in [-0.15, -0.1) is 45.3 Å². The Hall–Kier alpha value is -3.86. The molecule has 0 aromatic carbocycles. The molecule has 0 N–H and O–H groups in total. The molecule has 0 radical (unpaired) electrons. The van der Waals surface area contributed by atoms with Crippen molar-refractivity contribution >= 4 is 80.4 Å². The van der Waals surface area contributed by atoms with Gasteiger partial charge in [0, 0.05) is 0 Å². The van der Waals surface area contributed by atoms with E-state index in [2.05, 4.69) is 0 Å². The Morgan fingerprint density at radius 3 is 0.804 bits per heavy atom. The van der Waals surface area contributed by atoms with Crippen LogP contribution >= 0.6 is 45.3 Å². The molecule has 16 heteroatoms.